The van der Waals surface area contributed by atoms with E-state index in [9.17, 15) is 4.79 Å². The lowest BCUT2D eigenvalue weighted by molar-refractivity contribution is -0.878. The summed E-state index contributed by atoms with van der Waals surface area (Å²) >= 11 is 0. The van der Waals surface area contributed by atoms with E-state index >= 15 is 0 Å². The lowest BCUT2D eigenvalue weighted by atomic mass is 9.94. The van der Waals surface area contributed by atoms with Crippen LogP contribution in [0.4, 0.5) is 0 Å². The van der Waals surface area contributed by atoms with Gasteiger partial charge in [-0.1, -0.05) is 57.2 Å². The van der Waals surface area contributed by atoms with Gasteiger partial charge in [-0.15, -0.1) is 0 Å². The van der Waals surface area contributed by atoms with Crippen LogP contribution in [-0.4, -0.2) is 21.9 Å². The van der Waals surface area contributed by atoms with E-state index in [4.69, 9.17) is 9.40 Å². The quantitative estimate of drug-likeness (QED) is 0.576. The molecule has 3 aromatic rings. The maximum absolute atomic E-state index is 13.5. The van der Waals surface area contributed by atoms with Gasteiger partial charge >= 0.3 is 5.91 Å². The zero-order valence-corrected chi connectivity index (χ0v) is 17.0. The van der Waals surface area contributed by atoms with E-state index in [0.717, 1.165) is 34.7 Å². The van der Waals surface area contributed by atoms with Crippen LogP contribution in [0.2, 0.25) is 0 Å². The van der Waals surface area contributed by atoms with Crippen molar-refractivity contribution in [2.45, 2.75) is 40.8 Å². The summed E-state index contributed by atoms with van der Waals surface area (Å²) in [7, 11) is 0. The molecule has 0 saturated heterocycles. The molecule has 1 aliphatic heterocycles. The minimum atomic E-state index is 0.0115. The smallest absolute Gasteiger partial charge is 0.347 e. The van der Waals surface area contributed by atoms with Crippen molar-refractivity contribution in [3.8, 4) is 11.5 Å². The molecule has 0 bridgehead atoms. The molecule has 1 atom stereocenters. The van der Waals surface area contributed by atoms with E-state index in [1.165, 1.54) is 0 Å². The third kappa shape index (κ3) is 3.40. The third-order valence-electron chi connectivity index (χ3n) is 5.29. The summed E-state index contributed by atoms with van der Waals surface area (Å²) < 4.78 is 6.33. The molecule has 0 aliphatic carbocycles. The standard InChI is InChI=1S/C24H27N2O2/c1-17-21(25-22(28-17)18-10-6-5-7-11-18)15-26(16-24(2,3)4)14-19-12-8-9-13-20(19)23(26)27/h5-13H,14-16H2,1-4H3/q+1. The Bertz CT molecular complexity index is 1010. The number of hydrogen-bond acceptors (Lipinski definition) is 3. The average Bonchev–Trinajstić information content (AvgIpc) is 3.13. The van der Waals surface area contributed by atoms with Crippen LogP contribution in [0.3, 0.4) is 0 Å². The maximum atomic E-state index is 13.5. The molecule has 0 N–H and O–H groups in total. The highest BCUT2D eigenvalue weighted by atomic mass is 16.4. The summed E-state index contributed by atoms with van der Waals surface area (Å²) in [6.07, 6.45) is 0. The van der Waals surface area contributed by atoms with E-state index < -0.39 is 0 Å². The van der Waals surface area contributed by atoms with Crippen molar-refractivity contribution in [1.29, 1.82) is 0 Å². The van der Waals surface area contributed by atoms with Gasteiger partial charge in [-0.2, -0.15) is 0 Å². The van der Waals surface area contributed by atoms with Crippen LogP contribution < -0.4 is 0 Å². The minimum Gasteiger partial charge on any atom is -0.441 e. The second-order valence-electron chi connectivity index (χ2n) is 9.03. The van der Waals surface area contributed by atoms with Crippen molar-refractivity contribution < 1.29 is 13.7 Å². The fraction of sp³-hybridized carbons (Fsp3) is 0.333. The zero-order valence-electron chi connectivity index (χ0n) is 17.0. The topological polar surface area (TPSA) is 43.1 Å². The number of nitrogens with zero attached hydrogens (tertiary/aromatic N) is 2. The molecule has 1 amide bonds. The summed E-state index contributed by atoms with van der Waals surface area (Å²) in [6, 6.07) is 17.9. The lowest BCUT2D eigenvalue weighted by Crippen LogP contribution is -2.52. The molecule has 1 unspecified atom stereocenters. The van der Waals surface area contributed by atoms with Crippen molar-refractivity contribution in [3.05, 3.63) is 77.2 Å². The van der Waals surface area contributed by atoms with Gasteiger partial charge < -0.3 is 4.42 Å². The van der Waals surface area contributed by atoms with Crippen molar-refractivity contribution in [2.75, 3.05) is 6.54 Å². The second kappa shape index (κ2) is 6.71. The number of amides is 1. The molecule has 2 aromatic carbocycles. The molecular weight excluding hydrogens is 348 g/mol. The molecule has 1 aliphatic rings. The Kier molecular flexibility index (Phi) is 4.47. The molecule has 0 saturated carbocycles. The molecular formula is C24H27N2O2+. The van der Waals surface area contributed by atoms with Crippen LogP contribution in [0, 0.1) is 12.3 Å². The third-order valence-corrected chi connectivity index (χ3v) is 5.29. The van der Waals surface area contributed by atoms with E-state index in [2.05, 4.69) is 26.8 Å². The molecule has 28 heavy (non-hydrogen) atoms. The van der Waals surface area contributed by atoms with Crippen molar-refractivity contribution in [3.63, 3.8) is 0 Å². The first kappa shape index (κ1) is 18.6. The predicted octanol–water partition coefficient (Wildman–Crippen LogP) is 5.37. The first-order chi connectivity index (χ1) is 13.3. The molecule has 1 aromatic heterocycles. The Morgan fingerprint density at radius 1 is 1.04 bits per heavy atom. The number of aryl methyl sites for hydroxylation is 1. The van der Waals surface area contributed by atoms with Crippen LogP contribution in [-0.2, 0) is 13.1 Å². The van der Waals surface area contributed by atoms with Crippen LogP contribution >= 0.6 is 0 Å². The summed E-state index contributed by atoms with van der Waals surface area (Å²) in [6.45, 7) is 10.5. The van der Waals surface area contributed by atoms with E-state index in [1.54, 1.807) is 0 Å². The van der Waals surface area contributed by atoms with Gasteiger partial charge in [0, 0.05) is 16.5 Å². The average molecular weight is 375 g/mol. The van der Waals surface area contributed by atoms with Crippen molar-refractivity contribution in [2.24, 2.45) is 5.41 Å². The summed E-state index contributed by atoms with van der Waals surface area (Å²) in [5.41, 5.74) is 3.80. The molecule has 4 nitrogen and oxygen atoms in total. The molecule has 0 fully saturated rings. The summed E-state index contributed by atoms with van der Waals surface area (Å²) in [4.78, 5) is 18.3. The van der Waals surface area contributed by atoms with E-state index in [0.29, 0.717) is 23.5 Å². The van der Waals surface area contributed by atoms with Crippen LogP contribution in [0.25, 0.3) is 11.5 Å². The molecule has 0 radical (unpaired) electrons. The molecule has 4 heteroatoms. The molecule has 144 valence electrons. The first-order valence-corrected chi connectivity index (χ1v) is 9.78. The second-order valence-corrected chi connectivity index (χ2v) is 9.03. The SMILES string of the molecule is Cc1oc(-c2ccccc2)nc1C[N+]1(CC(C)(C)C)Cc2ccccc2C1=O. The number of carbonyl (C=O) groups excluding carboxylic acids is 1. The number of aromatic nitrogens is 1. The highest BCUT2D eigenvalue weighted by Gasteiger charge is 2.48. The minimum absolute atomic E-state index is 0.0115. The number of benzene rings is 2. The fourth-order valence-corrected chi connectivity index (χ4v) is 4.31. The van der Waals surface area contributed by atoms with E-state index in [1.807, 2.05) is 55.5 Å². The highest BCUT2D eigenvalue weighted by molar-refractivity contribution is 5.92. The normalized spacial score (nSPS) is 19.1. The van der Waals surface area contributed by atoms with Crippen LogP contribution in [0.15, 0.2) is 59.0 Å². The monoisotopic (exact) mass is 375 g/mol. The summed E-state index contributed by atoms with van der Waals surface area (Å²) in [5, 5.41) is 0. The Morgan fingerprint density at radius 2 is 1.71 bits per heavy atom. The first-order valence-electron chi connectivity index (χ1n) is 9.78. The van der Waals surface area contributed by atoms with Gasteiger partial charge in [0.25, 0.3) is 0 Å². The Hall–Kier alpha value is -2.72. The number of quaternary nitrogens is 1. The van der Waals surface area contributed by atoms with Gasteiger partial charge in [0.15, 0.2) is 0 Å². The zero-order chi connectivity index (χ0) is 19.9. The van der Waals surface area contributed by atoms with Gasteiger partial charge in [0.1, 0.15) is 24.5 Å². The van der Waals surface area contributed by atoms with Gasteiger partial charge in [0.2, 0.25) is 5.89 Å². The van der Waals surface area contributed by atoms with Crippen molar-refractivity contribution in [1.82, 2.24) is 4.98 Å². The number of oxazole rings is 1. The van der Waals surface area contributed by atoms with Gasteiger partial charge in [-0.3, -0.25) is 0 Å². The lowest BCUT2D eigenvalue weighted by Gasteiger charge is -2.36. The highest BCUT2D eigenvalue weighted by Crippen LogP contribution is 2.37. The number of rotatable bonds is 4. The molecule has 4 rings (SSSR count). The Balaban J connectivity index is 1.73. The molecule has 2 heterocycles. The fourth-order valence-electron chi connectivity index (χ4n) is 4.31. The number of hydrogen-bond donors (Lipinski definition) is 0. The summed E-state index contributed by atoms with van der Waals surface area (Å²) in [5.74, 6) is 1.59. The van der Waals surface area contributed by atoms with Crippen molar-refractivity contribution >= 4 is 5.91 Å². The van der Waals surface area contributed by atoms with Crippen LogP contribution in [0.1, 0.15) is 48.1 Å². The van der Waals surface area contributed by atoms with Gasteiger partial charge in [-0.05, 0) is 25.1 Å². The van der Waals surface area contributed by atoms with Gasteiger partial charge in [0.05, 0.1) is 12.1 Å². The maximum Gasteiger partial charge on any atom is 0.347 e. The van der Waals surface area contributed by atoms with E-state index in [-0.39, 0.29) is 11.3 Å². The Morgan fingerprint density at radius 3 is 2.39 bits per heavy atom. The molecule has 0 spiro atoms. The largest absolute Gasteiger partial charge is 0.441 e. The Labute approximate surface area is 166 Å². The van der Waals surface area contributed by atoms with Gasteiger partial charge in [-0.25, -0.2) is 14.3 Å². The van der Waals surface area contributed by atoms with Crippen LogP contribution in [0.5, 0.6) is 0 Å². The number of carbonyl (C=O) groups is 1. The predicted molar refractivity (Wildman–Crippen MR) is 109 cm³/mol. The number of fused-ring (bicyclic) bond motifs is 1.